The van der Waals surface area contributed by atoms with Crippen LogP contribution in [0.2, 0.25) is 5.02 Å². The minimum Gasteiger partial charge on any atom is -0.478 e. The zero-order valence-electron chi connectivity index (χ0n) is 10.2. The summed E-state index contributed by atoms with van der Waals surface area (Å²) in [4.78, 5) is 11.2. The van der Waals surface area contributed by atoms with Crippen molar-refractivity contribution < 1.29 is 18.5 Å². The largest absolute Gasteiger partial charge is 0.478 e. The summed E-state index contributed by atoms with van der Waals surface area (Å²) in [5, 5.41) is 9.05. The van der Waals surface area contributed by atoms with Crippen molar-refractivity contribution in [3.05, 3.63) is 64.4 Å². The van der Waals surface area contributed by atoms with E-state index in [1.807, 2.05) is 0 Å². The van der Waals surface area contributed by atoms with Gasteiger partial charge in [-0.3, -0.25) is 4.21 Å². The van der Waals surface area contributed by atoms with Crippen LogP contribution in [0.25, 0.3) is 0 Å². The third-order valence-electron chi connectivity index (χ3n) is 2.67. The van der Waals surface area contributed by atoms with Crippen LogP contribution in [0.15, 0.2) is 47.4 Å². The van der Waals surface area contributed by atoms with E-state index in [1.54, 1.807) is 0 Å². The molecular weight excluding hydrogens is 303 g/mol. The Bertz CT molecular complexity index is 671. The highest BCUT2D eigenvalue weighted by atomic mass is 35.5. The van der Waals surface area contributed by atoms with E-state index in [1.165, 1.54) is 42.5 Å². The van der Waals surface area contributed by atoms with Crippen LogP contribution in [-0.2, 0) is 16.6 Å². The van der Waals surface area contributed by atoms with Gasteiger partial charge in [0.25, 0.3) is 0 Å². The maximum atomic E-state index is 13.6. The van der Waals surface area contributed by atoms with Crippen molar-refractivity contribution in [2.24, 2.45) is 0 Å². The maximum absolute atomic E-state index is 13.6. The lowest BCUT2D eigenvalue weighted by Crippen LogP contribution is -2.01. The molecule has 0 aliphatic rings. The average molecular weight is 313 g/mol. The fourth-order valence-corrected chi connectivity index (χ4v) is 2.89. The van der Waals surface area contributed by atoms with Crippen LogP contribution >= 0.6 is 11.6 Å². The fourth-order valence-electron chi connectivity index (χ4n) is 1.61. The Morgan fingerprint density at radius 2 is 1.85 bits per heavy atom. The van der Waals surface area contributed by atoms with Crippen LogP contribution in [0, 0.1) is 5.82 Å². The summed E-state index contributed by atoms with van der Waals surface area (Å²) >= 11 is 5.65. The number of carboxylic acids is 1. The Morgan fingerprint density at radius 1 is 1.20 bits per heavy atom. The molecule has 0 saturated carbocycles. The third kappa shape index (κ3) is 3.43. The van der Waals surface area contributed by atoms with E-state index in [0.29, 0.717) is 10.5 Å². The second-order valence-electron chi connectivity index (χ2n) is 4.06. The molecular formula is C14H10ClFO3S. The first-order chi connectivity index (χ1) is 9.47. The highest BCUT2D eigenvalue weighted by Gasteiger charge is 2.10. The van der Waals surface area contributed by atoms with Gasteiger partial charge >= 0.3 is 5.97 Å². The van der Waals surface area contributed by atoms with Gasteiger partial charge in [0.1, 0.15) is 5.82 Å². The molecule has 20 heavy (non-hydrogen) atoms. The number of benzene rings is 2. The molecule has 0 radical (unpaired) electrons. The van der Waals surface area contributed by atoms with Gasteiger partial charge in [0.15, 0.2) is 0 Å². The van der Waals surface area contributed by atoms with Crippen molar-refractivity contribution in [2.75, 3.05) is 0 Å². The average Bonchev–Trinajstić information content (AvgIpc) is 2.42. The molecule has 0 fully saturated rings. The van der Waals surface area contributed by atoms with Gasteiger partial charge in [-0.2, -0.15) is 0 Å². The van der Waals surface area contributed by atoms with E-state index in [9.17, 15) is 13.4 Å². The molecule has 0 bridgehead atoms. The minimum atomic E-state index is -1.45. The molecule has 0 aromatic heterocycles. The quantitative estimate of drug-likeness (QED) is 0.940. The Kier molecular flexibility index (Phi) is 4.52. The van der Waals surface area contributed by atoms with Gasteiger partial charge in [-0.25, -0.2) is 9.18 Å². The van der Waals surface area contributed by atoms with Gasteiger partial charge in [0.2, 0.25) is 0 Å². The lowest BCUT2D eigenvalue weighted by Gasteiger charge is -2.05. The second kappa shape index (κ2) is 6.15. The summed E-state index contributed by atoms with van der Waals surface area (Å²) in [7, 11) is -1.45. The Hall–Kier alpha value is -1.72. The van der Waals surface area contributed by atoms with E-state index in [4.69, 9.17) is 16.7 Å². The summed E-state index contributed by atoms with van der Waals surface area (Å²) in [5.41, 5.74) is 0.415. The zero-order chi connectivity index (χ0) is 14.7. The molecule has 6 heteroatoms. The summed E-state index contributed by atoms with van der Waals surface area (Å²) in [6.45, 7) is 0. The van der Waals surface area contributed by atoms with Gasteiger partial charge < -0.3 is 5.11 Å². The highest BCUT2D eigenvalue weighted by Crippen LogP contribution is 2.19. The fraction of sp³-hybridized carbons (Fsp3) is 0.0714. The van der Waals surface area contributed by atoms with Crippen LogP contribution in [0.5, 0.6) is 0 Å². The molecule has 1 atom stereocenters. The van der Waals surface area contributed by atoms with Gasteiger partial charge in [-0.05, 0) is 36.4 Å². The topological polar surface area (TPSA) is 54.4 Å². The number of carboxylic acid groups (broad SMARTS) is 1. The number of carbonyl (C=O) groups is 1. The Balaban J connectivity index is 2.17. The van der Waals surface area contributed by atoms with Crippen molar-refractivity contribution in [2.45, 2.75) is 10.6 Å². The maximum Gasteiger partial charge on any atom is 0.335 e. The zero-order valence-corrected chi connectivity index (χ0v) is 11.7. The summed E-state index contributed by atoms with van der Waals surface area (Å²) in [5.74, 6) is -1.55. The number of hydrogen-bond donors (Lipinski definition) is 1. The first-order valence-electron chi connectivity index (χ1n) is 5.63. The van der Waals surface area contributed by atoms with Crippen LogP contribution in [-0.4, -0.2) is 15.3 Å². The van der Waals surface area contributed by atoms with Crippen LogP contribution in [0.1, 0.15) is 15.9 Å². The Labute approximate surface area is 122 Å². The summed E-state index contributed by atoms with van der Waals surface area (Å²) in [6.07, 6.45) is 0. The predicted molar refractivity (Wildman–Crippen MR) is 74.9 cm³/mol. The van der Waals surface area contributed by atoms with Gasteiger partial charge in [-0.15, -0.1) is 0 Å². The van der Waals surface area contributed by atoms with E-state index >= 15 is 0 Å². The summed E-state index contributed by atoms with van der Waals surface area (Å²) < 4.78 is 25.7. The first-order valence-corrected chi connectivity index (χ1v) is 7.33. The number of aromatic carboxylic acids is 1. The van der Waals surface area contributed by atoms with Gasteiger partial charge in [0.05, 0.1) is 22.1 Å². The van der Waals surface area contributed by atoms with E-state index < -0.39 is 22.6 Å². The molecule has 1 unspecified atom stereocenters. The first kappa shape index (κ1) is 14.7. The van der Waals surface area contributed by atoms with Gasteiger partial charge in [-0.1, -0.05) is 17.7 Å². The minimum absolute atomic E-state index is 0.00935. The van der Waals surface area contributed by atoms with E-state index in [2.05, 4.69) is 0 Å². The van der Waals surface area contributed by atoms with Gasteiger partial charge in [0, 0.05) is 15.5 Å². The monoisotopic (exact) mass is 312 g/mol. The normalized spacial score (nSPS) is 12.1. The smallest absolute Gasteiger partial charge is 0.335 e. The lowest BCUT2D eigenvalue weighted by atomic mass is 10.2. The van der Waals surface area contributed by atoms with Crippen molar-refractivity contribution in [1.29, 1.82) is 0 Å². The molecule has 3 nitrogen and oxygen atoms in total. The molecule has 0 aliphatic carbocycles. The molecule has 2 aromatic carbocycles. The SMILES string of the molecule is O=C(O)c1ccc(S(=O)Cc2ccc(Cl)cc2F)cc1. The van der Waals surface area contributed by atoms with Crippen molar-refractivity contribution in [3.63, 3.8) is 0 Å². The molecule has 0 heterocycles. The highest BCUT2D eigenvalue weighted by molar-refractivity contribution is 7.84. The van der Waals surface area contributed by atoms with Crippen molar-refractivity contribution >= 4 is 28.4 Å². The third-order valence-corrected chi connectivity index (χ3v) is 4.27. The number of hydrogen-bond acceptors (Lipinski definition) is 2. The van der Waals surface area contributed by atoms with E-state index in [-0.39, 0.29) is 16.3 Å². The molecule has 104 valence electrons. The number of rotatable bonds is 4. The standard InChI is InChI=1S/C14H10ClFO3S/c15-11-4-1-10(13(16)7-11)8-20(19)12-5-2-9(3-6-12)14(17)18/h1-7H,8H2,(H,17,18). The molecule has 1 N–H and O–H groups in total. The van der Waals surface area contributed by atoms with Crippen molar-refractivity contribution in [3.8, 4) is 0 Å². The van der Waals surface area contributed by atoms with Crippen LogP contribution < -0.4 is 0 Å². The number of halogens is 2. The Morgan fingerprint density at radius 3 is 2.40 bits per heavy atom. The van der Waals surface area contributed by atoms with E-state index in [0.717, 1.165) is 0 Å². The lowest BCUT2D eigenvalue weighted by molar-refractivity contribution is 0.0697. The molecule has 0 amide bonds. The molecule has 0 saturated heterocycles. The van der Waals surface area contributed by atoms with Crippen LogP contribution in [0.4, 0.5) is 4.39 Å². The predicted octanol–water partition coefficient (Wildman–Crippen LogP) is 3.49. The summed E-state index contributed by atoms with van der Waals surface area (Å²) in [6, 6.07) is 9.86. The van der Waals surface area contributed by atoms with Crippen molar-refractivity contribution in [1.82, 2.24) is 0 Å². The second-order valence-corrected chi connectivity index (χ2v) is 5.94. The molecule has 2 aromatic rings. The molecule has 0 aliphatic heterocycles. The molecule has 2 rings (SSSR count). The van der Waals surface area contributed by atoms with Crippen LogP contribution in [0.3, 0.4) is 0 Å². The molecule has 0 spiro atoms.